The molecule has 0 N–H and O–H groups in total. The zero-order chi connectivity index (χ0) is 6.36. The average Bonchev–Trinajstić information content (AvgIpc) is 2.00. The van der Waals surface area contributed by atoms with E-state index in [4.69, 9.17) is 0 Å². The van der Waals surface area contributed by atoms with E-state index in [0.717, 1.165) is 6.42 Å². The Morgan fingerprint density at radius 2 is 1.44 bits per heavy atom. The minimum Gasteiger partial charge on any atom is -0.0879 e. The van der Waals surface area contributed by atoms with Gasteiger partial charge in [-0.25, -0.2) is 0 Å². The van der Waals surface area contributed by atoms with Crippen molar-refractivity contribution in [2.24, 2.45) is 0 Å². The lowest BCUT2D eigenvalue weighted by Crippen LogP contribution is -1.61. The van der Waals surface area contributed by atoms with Crippen molar-refractivity contribution in [3.8, 4) is 0 Å². The molecule has 0 spiro atoms. The van der Waals surface area contributed by atoms with Crippen LogP contribution in [0.3, 0.4) is 0 Å². The molecule has 0 aromatic rings. The average molecular weight is 120 g/mol. The summed E-state index contributed by atoms with van der Waals surface area (Å²) in [6, 6.07) is 0. The van der Waals surface area contributed by atoms with Gasteiger partial charge in [0, 0.05) is 0 Å². The van der Waals surface area contributed by atoms with Crippen LogP contribution in [0, 0.1) is 0 Å². The first-order valence-electron chi connectivity index (χ1n) is 3.47. The normalized spacial score (nSPS) is 29.3. The van der Waals surface area contributed by atoms with Gasteiger partial charge in [-0.3, -0.25) is 0 Å². The lowest BCUT2D eigenvalue weighted by Gasteiger charge is -1.81. The van der Waals surface area contributed by atoms with Crippen LogP contribution in [0.5, 0.6) is 0 Å². The van der Waals surface area contributed by atoms with Crippen LogP contribution in [0.2, 0.25) is 0 Å². The second-order valence-electron chi connectivity index (χ2n) is 2.14. The fraction of sp³-hybridized carbons (Fsp3) is 0.333. The Hall–Kier alpha value is -0.780. The van der Waals surface area contributed by atoms with Crippen LogP contribution in [0.1, 0.15) is 19.3 Å². The zero-order valence-electron chi connectivity index (χ0n) is 5.59. The van der Waals surface area contributed by atoms with Crippen molar-refractivity contribution in [2.45, 2.75) is 19.3 Å². The molecular weight excluding hydrogens is 108 g/mol. The van der Waals surface area contributed by atoms with Gasteiger partial charge in [-0.1, -0.05) is 36.5 Å². The Morgan fingerprint density at radius 3 is 2.44 bits per heavy atom. The van der Waals surface area contributed by atoms with Crippen LogP contribution in [-0.4, -0.2) is 0 Å². The number of allylic oxidation sites excluding steroid dienone is 6. The van der Waals surface area contributed by atoms with Gasteiger partial charge in [0.2, 0.25) is 0 Å². The molecule has 0 aromatic carbocycles. The van der Waals surface area contributed by atoms with E-state index in [9.17, 15) is 0 Å². The van der Waals surface area contributed by atoms with Crippen molar-refractivity contribution in [3.05, 3.63) is 36.5 Å². The Morgan fingerprint density at radius 1 is 0.667 bits per heavy atom. The highest BCUT2D eigenvalue weighted by Gasteiger charge is 1.77. The Labute approximate surface area is 56.6 Å². The van der Waals surface area contributed by atoms with Crippen molar-refractivity contribution >= 4 is 0 Å². The van der Waals surface area contributed by atoms with Crippen molar-refractivity contribution in [1.29, 1.82) is 0 Å². The summed E-state index contributed by atoms with van der Waals surface area (Å²) < 4.78 is 0. The smallest absolute Gasteiger partial charge is 0.0166 e. The molecule has 0 heteroatoms. The maximum Gasteiger partial charge on any atom is -0.0166 e. The quantitative estimate of drug-likeness (QED) is 0.431. The van der Waals surface area contributed by atoms with E-state index >= 15 is 0 Å². The van der Waals surface area contributed by atoms with Gasteiger partial charge in [0.15, 0.2) is 0 Å². The standard InChI is InChI=1S/C9H12/c1-2-4-6-8-9-7-5-3-1/h1-4,7,9H,5-6,8H2/b3-1-,4-2+,9-7+. The zero-order valence-corrected chi connectivity index (χ0v) is 5.59. The van der Waals surface area contributed by atoms with Crippen LogP contribution >= 0.6 is 0 Å². The molecule has 0 saturated heterocycles. The van der Waals surface area contributed by atoms with Crippen molar-refractivity contribution in [3.63, 3.8) is 0 Å². The fourth-order valence-corrected chi connectivity index (χ4v) is 0.817. The molecule has 0 atom stereocenters. The highest BCUT2D eigenvalue weighted by Crippen LogP contribution is 1.98. The molecule has 0 radical (unpaired) electrons. The molecule has 0 aromatic heterocycles. The molecule has 0 fully saturated rings. The summed E-state index contributed by atoms with van der Waals surface area (Å²) in [5.41, 5.74) is 0. The highest BCUT2D eigenvalue weighted by molar-refractivity contribution is 5.06. The third-order valence-corrected chi connectivity index (χ3v) is 1.32. The minimum atomic E-state index is 1.09. The van der Waals surface area contributed by atoms with Crippen LogP contribution in [0.25, 0.3) is 0 Å². The van der Waals surface area contributed by atoms with E-state index in [1.54, 1.807) is 0 Å². The number of rotatable bonds is 0. The summed E-state index contributed by atoms with van der Waals surface area (Å²) in [4.78, 5) is 0. The van der Waals surface area contributed by atoms with Gasteiger partial charge in [0.25, 0.3) is 0 Å². The van der Waals surface area contributed by atoms with E-state index in [1.807, 2.05) is 0 Å². The predicted octanol–water partition coefficient (Wildman–Crippen LogP) is 2.84. The molecule has 0 bridgehead atoms. The van der Waals surface area contributed by atoms with Gasteiger partial charge < -0.3 is 0 Å². The van der Waals surface area contributed by atoms with E-state index in [0.29, 0.717) is 0 Å². The van der Waals surface area contributed by atoms with E-state index < -0.39 is 0 Å². The summed E-state index contributed by atoms with van der Waals surface area (Å²) in [5.74, 6) is 0. The molecule has 1 aliphatic rings. The Kier molecular flexibility index (Phi) is 2.91. The third-order valence-electron chi connectivity index (χ3n) is 1.32. The maximum atomic E-state index is 2.24. The summed E-state index contributed by atoms with van der Waals surface area (Å²) in [6.07, 6.45) is 16.5. The van der Waals surface area contributed by atoms with Gasteiger partial charge in [0.05, 0.1) is 0 Å². The first kappa shape index (κ1) is 6.34. The van der Waals surface area contributed by atoms with Gasteiger partial charge in [0.1, 0.15) is 0 Å². The number of hydrogen-bond donors (Lipinski definition) is 0. The van der Waals surface area contributed by atoms with E-state index in [-0.39, 0.29) is 0 Å². The molecule has 0 aliphatic heterocycles. The largest absolute Gasteiger partial charge is 0.0879 e. The molecule has 1 aliphatic carbocycles. The van der Waals surface area contributed by atoms with Crippen LogP contribution in [0.4, 0.5) is 0 Å². The molecular formula is C9H12. The Balaban J connectivity index is 2.43. The summed E-state index contributed by atoms with van der Waals surface area (Å²) in [5, 5.41) is 0. The predicted molar refractivity (Wildman–Crippen MR) is 41.3 cm³/mol. The van der Waals surface area contributed by atoms with Crippen molar-refractivity contribution < 1.29 is 0 Å². The topological polar surface area (TPSA) is 0 Å². The second-order valence-corrected chi connectivity index (χ2v) is 2.14. The molecule has 0 unspecified atom stereocenters. The van der Waals surface area contributed by atoms with Crippen molar-refractivity contribution in [2.75, 3.05) is 0 Å². The molecule has 0 heterocycles. The van der Waals surface area contributed by atoms with Crippen LogP contribution in [0.15, 0.2) is 36.5 Å². The lowest BCUT2D eigenvalue weighted by atomic mass is 10.3. The molecule has 9 heavy (non-hydrogen) atoms. The van der Waals surface area contributed by atoms with Gasteiger partial charge in [-0.15, -0.1) is 0 Å². The van der Waals surface area contributed by atoms with Crippen LogP contribution < -0.4 is 0 Å². The van der Waals surface area contributed by atoms with E-state index in [1.165, 1.54) is 12.8 Å². The number of hydrogen-bond acceptors (Lipinski definition) is 0. The monoisotopic (exact) mass is 120 g/mol. The van der Waals surface area contributed by atoms with Gasteiger partial charge in [-0.2, -0.15) is 0 Å². The molecule has 1 rings (SSSR count). The molecule has 0 nitrogen and oxygen atoms in total. The molecule has 48 valence electrons. The molecule has 0 amide bonds. The summed E-state index contributed by atoms with van der Waals surface area (Å²) in [6.45, 7) is 0. The fourth-order valence-electron chi connectivity index (χ4n) is 0.817. The third kappa shape index (κ3) is 2.91. The van der Waals surface area contributed by atoms with Gasteiger partial charge in [-0.05, 0) is 19.3 Å². The lowest BCUT2D eigenvalue weighted by molar-refractivity contribution is 1.05. The van der Waals surface area contributed by atoms with E-state index in [2.05, 4.69) is 36.5 Å². The summed E-state index contributed by atoms with van der Waals surface area (Å²) >= 11 is 0. The van der Waals surface area contributed by atoms with Crippen molar-refractivity contribution in [1.82, 2.24) is 0 Å². The summed E-state index contributed by atoms with van der Waals surface area (Å²) in [7, 11) is 0. The Bertz CT molecular complexity index is 138. The highest BCUT2D eigenvalue weighted by atomic mass is 13.8. The minimum absolute atomic E-state index is 1.09. The van der Waals surface area contributed by atoms with Crippen LogP contribution in [-0.2, 0) is 0 Å². The van der Waals surface area contributed by atoms with Gasteiger partial charge >= 0.3 is 0 Å². The first-order valence-corrected chi connectivity index (χ1v) is 3.47. The molecule has 0 saturated carbocycles. The first-order chi connectivity index (χ1) is 4.50. The second kappa shape index (κ2) is 4.13. The maximum absolute atomic E-state index is 2.24. The SMILES string of the molecule is C1=C\C/C=C/CC/C=C/1.